The molecule has 0 amide bonds. The van der Waals surface area contributed by atoms with Crippen molar-refractivity contribution in [1.82, 2.24) is 0 Å². The van der Waals surface area contributed by atoms with E-state index in [9.17, 15) is 0 Å². The molecule has 0 aliphatic carbocycles. The molecule has 0 N–H and O–H groups in total. The van der Waals surface area contributed by atoms with E-state index in [1.165, 1.54) is 24.6 Å². The summed E-state index contributed by atoms with van der Waals surface area (Å²) in [5.74, 6) is 0.851. The molecule has 1 rings (SSSR count). The maximum atomic E-state index is 5.74. The predicted octanol–water partition coefficient (Wildman–Crippen LogP) is 5.02. The molecule has 2 nitrogen and oxygen atoms in total. The molecule has 0 aliphatic rings. The Kier molecular flexibility index (Phi) is 7.91. The van der Waals surface area contributed by atoms with E-state index in [2.05, 4.69) is 13.8 Å². The minimum Gasteiger partial charge on any atom is -0.480 e. The van der Waals surface area contributed by atoms with Gasteiger partial charge in [0.2, 0.25) is 4.38 Å². The van der Waals surface area contributed by atoms with Crippen molar-refractivity contribution in [2.45, 2.75) is 51.6 Å². The van der Waals surface area contributed by atoms with Crippen LogP contribution in [-0.4, -0.2) is 15.9 Å². The van der Waals surface area contributed by atoms with Gasteiger partial charge >= 0.3 is 0 Å². The number of rotatable bonds is 7. The first-order chi connectivity index (χ1) is 9.11. The first-order valence-corrected chi connectivity index (χ1v) is 7.99. The molecule has 4 heteroatoms. The van der Waals surface area contributed by atoms with Crippen molar-refractivity contribution >= 4 is 28.4 Å². The molecule has 0 bridgehead atoms. The highest BCUT2D eigenvalue weighted by Crippen LogP contribution is 2.21. The topological polar surface area (TPSA) is 18.5 Å². The van der Waals surface area contributed by atoms with E-state index < -0.39 is 0 Å². The van der Waals surface area contributed by atoms with Crippen LogP contribution in [0.4, 0.5) is 0 Å². The van der Waals surface area contributed by atoms with Gasteiger partial charge in [-0.15, -0.1) is 0 Å². The number of unbranched alkanes of at least 4 members (excludes halogenated alkanes) is 1. The van der Waals surface area contributed by atoms with Gasteiger partial charge in [0.15, 0.2) is 0 Å². The third-order valence-corrected chi connectivity index (χ3v) is 3.67. The van der Waals surface area contributed by atoms with Crippen LogP contribution in [0.1, 0.15) is 40.0 Å². The summed E-state index contributed by atoms with van der Waals surface area (Å²) in [6.07, 6.45) is 3.58. The molecule has 0 saturated carbocycles. The summed E-state index contributed by atoms with van der Waals surface area (Å²) < 4.78 is 12.0. The van der Waals surface area contributed by atoms with E-state index in [1.807, 2.05) is 37.3 Å². The molecular formula is C15H22O2S2. The van der Waals surface area contributed by atoms with Crippen LogP contribution in [-0.2, 0) is 4.74 Å². The first kappa shape index (κ1) is 16.3. The van der Waals surface area contributed by atoms with Gasteiger partial charge in [-0.2, -0.15) is 0 Å². The number of hydrogen-bond acceptors (Lipinski definition) is 4. The normalized spacial score (nSPS) is 13.6. The summed E-state index contributed by atoms with van der Waals surface area (Å²) in [5, 5.41) is 0. The molecule has 19 heavy (non-hydrogen) atoms. The SMILES string of the molecule is CCCCC(C)OC(=S)SC(C)Oc1ccccc1. The van der Waals surface area contributed by atoms with Gasteiger partial charge in [0, 0.05) is 0 Å². The summed E-state index contributed by atoms with van der Waals surface area (Å²) in [4.78, 5) is 0. The van der Waals surface area contributed by atoms with Gasteiger partial charge in [0.05, 0.1) is 6.10 Å². The van der Waals surface area contributed by atoms with Crippen molar-refractivity contribution < 1.29 is 9.47 Å². The zero-order chi connectivity index (χ0) is 14.1. The van der Waals surface area contributed by atoms with Crippen LogP contribution in [0.2, 0.25) is 0 Å². The Morgan fingerprint density at radius 2 is 1.95 bits per heavy atom. The third-order valence-electron chi connectivity index (χ3n) is 2.57. The molecule has 0 spiro atoms. The average Bonchev–Trinajstić information content (AvgIpc) is 2.37. The molecule has 0 saturated heterocycles. The second-order valence-corrected chi connectivity index (χ2v) is 6.34. The Labute approximate surface area is 125 Å². The summed E-state index contributed by atoms with van der Waals surface area (Å²) in [6, 6.07) is 9.74. The standard InChI is InChI=1S/C15H22O2S2/c1-4-5-9-12(2)16-15(18)19-13(3)17-14-10-7-6-8-11-14/h6-8,10-13H,4-5,9H2,1-3H3. The van der Waals surface area contributed by atoms with Crippen molar-refractivity contribution in [3.8, 4) is 5.75 Å². The Balaban J connectivity index is 2.28. The highest BCUT2D eigenvalue weighted by Gasteiger charge is 2.12. The molecule has 0 aromatic heterocycles. The van der Waals surface area contributed by atoms with Gasteiger partial charge in [-0.25, -0.2) is 0 Å². The molecule has 0 aliphatic heterocycles. The number of benzene rings is 1. The maximum absolute atomic E-state index is 5.74. The summed E-state index contributed by atoms with van der Waals surface area (Å²) >= 11 is 6.68. The second kappa shape index (κ2) is 9.21. The van der Waals surface area contributed by atoms with E-state index in [4.69, 9.17) is 21.7 Å². The van der Waals surface area contributed by atoms with E-state index in [0.717, 1.165) is 12.2 Å². The number of para-hydroxylation sites is 1. The molecule has 106 valence electrons. The highest BCUT2D eigenvalue weighted by atomic mass is 32.2. The van der Waals surface area contributed by atoms with Gasteiger partial charge in [0.25, 0.3) is 0 Å². The van der Waals surface area contributed by atoms with E-state index >= 15 is 0 Å². The molecular weight excluding hydrogens is 276 g/mol. The monoisotopic (exact) mass is 298 g/mol. The summed E-state index contributed by atoms with van der Waals surface area (Å²) in [7, 11) is 0. The lowest BCUT2D eigenvalue weighted by Crippen LogP contribution is -2.15. The average molecular weight is 298 g/mol. The zero-order valence-corrected chi connectivity index (χ0v) is 13.4. The van der Waals surface area contributed by atoms with Crippen LogP contribution >= 0.6 is 24.0 Å². The van der Waals surface area contributed by atoms with Crippen LogP contribution in [0.25, 0.3) is 0 Å². The first-order valence-electron chi connectivity index (χ1n) is 6.70. The van der Waals surface area contributed by atoms with Gasteiger partial charge in [-0.05, 0) is 56.4 Å². The van der Waals surface area contributed by atoms with Crippen molar-refractivity contribution in [3.63, 3.8) is 0 Å². The smallest absolute Gasteiger partial charge is 0.223 e. The highest BCUT2D eigenvalue weighted by molar-refractivity contribution is 8.22. The predicted molar refractivity (Wildman–Crippen MR) is 86.8 cm³/mol. The minimum atomic E-state index is -0.0479. The van der Waals surface area contributed by atoms with Crippen molar-refractivity contribution in [2.75, 3.05) is 0 Å². The third kappa shape index (κ3) is 7.43. The summed E-state index contributed by atoms with van der Waals surface area (Å²) in [5.41, 5.74) is -0.0479. The van der Waals surface area contributed by atoms with Crippen LogP contribution in [0, 0.1) is 0 Å². The number of thioether (sulfide) groups is 1. The van der Waals surface area contributed by atoms with E-state index in [1.54, 1.807) is 0 Å². The molecule has 1 aromatic rings. The van der Waals surface area contributed by atoms with Crippen LogP contribution in [0.15, 0.2) is 30.3 Å². The van der Waals surface area contributed by atoms with Crippen molar-refractivity contribution in [2.24, 2.45) is 0 Å². The molecule has 1 aromatic carbocycles. The second-order valence-electron chi connectivity index (χ2n) is 4.44. The van der Waals surface area contributed by atoms with Gasteiger partial charge in [-0.3, -0.25) is 0 Å². The van der Waals surface area contributed by atoms with Gasteiger partial charge in [-0.1, -0.05) is 38.0 Å². The van der Waals surface area contributed by atoms with Gasteiger partial charge < -0.3 is 9.47 Å². The van der Waals surface area contributed by atoms with Crippen LogP contribution in [0.5, 0.6) is 5.75 Å². The van der Waals surface area contributed by atoms with E-state index in [0.29, 0.717) is 4.38 Å². The molecule has 0 radical (unpaired) electrons. The fourth-order valence-electron chi connectivity index (χ4n) is 1.59. The fraction of sp³-hybridized carbons (Fsp3) is 0.533. The van der Waals surface area contributed by atoms with Crippen LogP contribution in [0.3, 0.4) is 0 Å². The quantitative estimate of drug-likeness (QED) is 0.519. The maximum Gasteiger partial charge on any atom is 0.223 e. The lowest BCUT2D eigenvalue weighted by atomic mass is 10.2. The fourth-order valence-corrected chi connectivity index (χ4v) is 2.81. The Hall–Kier alpha value is -0.740. The Morgan fingerprint density at radius 3 is 2.58 bits per heavy atom. The summed E-state index contributed by atoms with van der Waals surface area (Å²) in [6.45, 7) is 6.21. The molecule has 2 atom stereocenters. The number of hydrogen-bond donors (Lipinski definition) is 0. The largest absolute Gasteiger partial charge is 0.480 e. The Morgan fingerprint density at radius 1 is 1.26 bits per heavy atom. The zero-order valence-electron chi connectivity index (χ0n) is 11.8. The minimum absolute atomic E-state index is 0.0479. The Bertz CT molecular complexity index is 368. The van der Waals surface area contributed by atoms with E-state index in [-0.39, 0.29) is 11.5 Å². The lowest BCUT2D eigenvalue weighted by molar-refractivity contribution is 0.206. The van der Waals surface area contributed by atoms with Crippen LogP contribution < -0.4 is 4.74 Å². The van der Waals surface area contributed by atoms with Gasteiger partial charge in [0.1, 0.15) is 11.2 Å². The number of thiocarbonyl (C=S) groups is 1. The molecule has 0 fully saturated rings. The molecule has 0 heterocycles. The van der Waals surface area contributed by atoms with Crippen molar-refractivity contribution in [1.29, 1.82) is 0 Å². The molecule has 2 unspecified atom stereocenters. The van der Waals surface area contributed by atoms with Crippen molar-refractivity contribution in [3.05, 3.63) is 30.3 Å². The number of ether oxygens (including phenoxy) is 2. The lowest BCUT2D eigenvalue weighted by Gasteiger charge is -2.18.